The molecule has 7 heteroatoms. The Morgan fingerprint density at radius 1 is 1.60 bits per heavy atom. The molecule has 0 saturated heterocycles. The van der Waals surface area contributed by atoms with E-state index in [2.05, 4.69) is 20.3 Å². The number of halogens is 4. The Hall–Kier alpha value is -0.980. The Labute approximate surface area is 91.0 Å². The first-order valence-electron chi connectivity index (χ1n) is 3.81. The molecule has 1 aromatic heterocycles. The fourth-order valence-corrected chi connectivity index (χ4v) is 1.20. The maximum absolute atomic E-state index is 12.3. The average Bonchev–Trinajstić information content (AvgIpc) is 2.45. The van der Waals surface area contributed by atoms with Gasteiger partial charge >= 0.3 is 12.1 Å². The largest absolute Gasteiger partial charge is 0.478 e. The molecule has 0 fully saturated rings. The first kappa shape index (κ1) is 12.1. The maximum Gasteiger partial charge on any atom is 0.450 e. The number of carboxylic acid groups (broad SMARTS) is 1. The van der Waals surface area contributed by atoms with Crippen LogP contribution in [0.3, 0.4) is 0 Å². The van der Waals surface area contributed by atoms with E-state index in [9.17, 15) is 18.0 Å². The highest BCUT2D eigenvalue weighted by Gasteiger charge is 2.40. The number of carboxylic acids is 1. The van der Waals surface area contributed by atoms with Gasteiger partial charge in [-0.05, 0) is 13.0 Å². The number of aromatic carboxylic acids is 1. The van der Waals surface area contributed by atoms with Gasteiger partial charge < -0.3 is 9.52 Å². The van der Waals surface area contributed by atoms with Crippen LogP contribution in [-0.2, 0) is 6.18 Å². The number of hydrogen-bond donors (Lipinski definition) is 1. The molecule has 84 valence electrons. The van der Waals surface area contributed by atoms with Crippen LogP contribution < -0.4 is 0 Å². The molecule has 1 unspecified atom stereocenters. The Balaban J connectivity index is 3.30. The predicted octanol–water partition coefficient (Wildman–Crippen LogP) is 3.45. The van der Waals surface area contributed by atoms with Crippen molar-refractivity contribution >= 4 is 21.9 Å². The van der Waals surface area contributed by atoms with Gasteiger partial charge in [0.2, 0.25) is 5.76 Å². The normalized spacial score (nSPS) is 13.9. The molecule has 1 rings (SSSR count). The van der Waals surface area contributed by atoms with Gasteiger partial charge in [-0.2, -0.15) is 13.2 Å². The summed E-state index contributed by atoms with van der Waals surface area (Å²) in [6.45, 7) is 1.53. The van der Waals surface area contributed by atoms with E-state index in [4.69, 9.17) is 5.11 Å². The molecule has 0 radical (unpaired) electrons. The van der Waals surface area contributed by atoms with E-state index >= 15 is 0 Å². The zero-order chi connectivity index (χ0) is 11.8. The summed E-state index contributed by atoms with van der Waals surface area (Å²) >= 11 is 2.99. The Morgan fingerprint density at radius 2 is 2.13 bits per heavy atom. The molecule has 0 bridgehead atoms. The summed E-state index contributed by atoms with van der Waals surface area (Å²) in [6, 6.07) is 0.866. The fraction of sp³-hybridized carbons (Fsp3) is 0.375. The van der Waals surface area contributed by atoms with Crippen molar-refractivity contribution in [2.45, 2.75) is 17.9 Å². The van der Waals surface area contributed by atoms with Gasteiger partial charge in [-0.25, -0.2) is 4.79 Å². The second-order valence-electron chi connectivity index (χ2n) is 2.81. The van der Waals surface area contributed by atoms with Crippen molar-refractivity contribution < 1.29 is 27.5 Å². The first-order chi connectivity index (χ1) is 6.73. The zero-order valence-electron chi connectivity index (χ0n) is 7.43. The molecule has 0 aliphatic carbocycles. The van der Waals surface area contributed by atoms with Gasteiger partial charge in [0, 0.05) is 0 Å². The molecule has 1 N–H and O–H groups in total. The van der Waals surface area contributed by atoms with Gasteiger partial charge in [0.1, 0.15) is 11.3 Å². The highest BCUT2D eigenvalue weighted by molar-refractivity contribution is 9.09. The topological polar surface area (TPSA) is 50.4 Å². The van der Waals surface area contributed by atoms with E-state index in [0.29, 0.717) is 0 Å². The summed E-state index contributed by atoms with van der Waals surface area (Å²) in [5.41, 5.74) is -0.871. The Bertz CT molecular complexity index is 381. The van der Waals surface area contributed by atoms with Gasteiger partial charge in [0.05, 0.1) is 4.83 Å². The van der Waals surface area contributed by atoms with Crippen LogP contribution in [0.15, 0.2) is 10.5 Å². The monoisotopic (exact) mass is 286 g/mol. The maximum atomic E-state index is 12.3. The summed E-state index contributed by atoms with van der Waals surface area (Å²) in [6.07, 6.45) is -4.80. The van der Waals surface area contributed by atoms with Crippen molar-refractivity contribution in [1.29, 1.82) is 0 Å². The lowest BCUT2D eigenvalue weighted by atomic mass is 10.2. The summed E-state index contributed by atoms with van der Waals surface area (Å²) in [5.74, 6) is -3.21. The van der Waals surface area contributed by atoms with Crippen LogP contribution >= 0.6 is 15.9 Å². The third-order valence-corrected chi connectivity index (χ3v) is 2.08. The van der Waals surface area contributed by atoms with E-state index in [1.54, 1.807) is 0 Å². The lowest BCUT2D eigenvalue weighted by molar-refractivity contribution is -0.153. The van der Waals surface area contributed by atoms with Crippen LogP contribution in [0.25, 0.3) is 0 Å². The molecule has 15 heavy (non-hydrogen) atoms. The molecular formula is C8H6BrF3O3. The van der Waals surface area contributed by atoms with E-state index in [0.717, 1.165) is 6.07 Å². The van der Waals surface area contributed by atoms with Crippen LogP contribution in [0, 0.1) is 0 Å². The summed E-state index contributed by atoms with van der Waals surface area (Å²) in [7, 11) is 0. The number of rotatable bonds is 2. The third-order valence-electron chi connectivity index (χ3n) is 1.63. The molecule has 3 nitrogen and oxygen atoms in total. The van der Waals surface area contributed by atoms with Crippen molar-refractivity contribution in [3.8, 4) is 0 Å². The smallest absolute Gasteiger partial charge is 0.450 e. The number of alkyl halides is 4. The van der Waals surface area contributed by atoms with Crippen molar-refractivity contribution in [2.24, 2.45) is 0 Å². The Kier molecular flexibility index (Phi) is 3.13. The second kappa shape index (κ2) is 3.88. The fourth-order valence-electron chi connectivity index (χ4n) is 0.976. The van der Waals surface area contributed by atoms with Gasteiger partial charge in [0.15, 0.2) is 0 Å². The van der Waals surface area contributed by atoms with Crippen LogP contribution in [0.2, 0.25) is 0 Å². The lowest BCUT2D eigenvalue weighted by Gasteiger charge is -2.03. The zero-order valence-corrected chi connectivity index (χ0v) is 9.02. The summed E-state index contributed by atoms with van der Waals surface area (Å²) in [5, 5.41) is 8.55. The van der Waals surface area contributed by atoms with Crippen molar-refractivity contribution in [2.75, 3.05) is 0 Å². The van der Waals surface area contributed by atoms with Crippen molar-refractivity contribution in [1.82, 2.24) is 0 Å². The minimum absolute atomic E-state index is 0.0697. The highest BCUT2D eigenvalue weighted by Crippen LogP contribution is 2.37. The number of carbonyl (C=O) groups is 1. The first-order valence-corrected chi connectivity index (χ1v) is 4.73. The number of hydrogen-bond acceptors (Lipinski definition) is 2. The predicted molar refractivity (Wildman–Crippen MR) is 48.0 cm³/mol. The molecular weight excluding hydrogens is 281 g/mol. The molecule has 1 aromatic rings. The molecule has 0 amide bonds. The van der Waals surface area contributed by atoms with Crippen LogP contribution in [-0.4, -0.2) is 11.1 Å². The average molecular weight is 287 g/mol. The Morgan fingerprint density at radius 3 is 2.40 bits per heavy atom. The summed E-state index contributed by atoms with van der Waals surface area (Å²) < 4.78 is 41.4. The van der Waals surface area contributed by atoms with Gasteiger partial charge in [-0.15, -0.1) is 0 Å². The minimum Gasteiger partial charge on any atom is -0.478 e. The standard InChI is InChI=1S/C8H6BrF3O3/c1-3(9)5-2-4(7(13)14)6(15-5)8(10,11)12/h2-3H,1H3,(H,13,14). The lowest BCUT2D eigenvalue weighted by Crippen LogP contribution is -2.09. The van der Waals surface area contributed by atoms with E-state index < -0.39 is 28.3 Å². The van der Waals surface area contributed by atoms with Gasteiger partial charge in [-0.1, -0.05) is 15.9 Å². The summed E-state index contributed by atoms with van der Waals surface area (Å²) in [4.78, 5) is 10.0. The van der Waals surface area contributed by atoms with Crippen molar-refractivity contribution in [3.05, 3.63) is 23.2 Å². The third kappa shape index (κ3) is 2.53. The molecule has 0 aliphatic rings. The minimum atomic E-state index is -4.80. The van der Waals surface area contributed by atoms with Crippen LogP contribution in [0.1, 0.15) is 33.6 Å². The molecule has 0 saturated carbocycles. The van der Waals surface area contributed by atoms with E-state index in [1.165, 1.54) is 6.92 Å². The molecule has 0 spiro atoms. The van der Waals surface area contributed by atoms with Crippen LogP contribution in [0.5, 0.6) is 0 Å². The highest BCUT2D eigenvalue weighted by atomic mass is 79.9. The van der Waals surface area contributed by atoms with Crippen LogP contribution in [0.4, 0.5) is 13.2 Å². The SMILES string of the molecule is CC(Br)c1cc(C(=O)O)c(C(F)(F)F)o1. The second-order valence-corrected chi connectivity index (χ2v) is 4.18. The van der Waals surface area contributed by atoms with Gasteiger partial charge in [-0.3, -0.25) is 0 Å². The quantitative estimate of drug-likeness (QED) is 0.847. The van der Waals surface area contributed by atoms with Gasteiger partial charge in [0.25, 0.3) is 0 Å². The van der Waals surface area contributed by atoms with E-state index in [1.807, 2.05) is 0 Å². The number of furan rings is 1. The molecule has 1 heterocycles. The van der Waals surface area contributed by atoms with E-state index in [-0.39, 0.29) is 5.76 Å². The molecule has 1 atom stereocenters. The molecule has 0 aliphatic heterocycles. The van der Waals surface area contributed by atoms with Crippen molar-refractivity contribution in [3.63, 3.8) is 0 Å². The molecule has 0 aromatic carbocycles.